The molecule has 1 N–H and O–H groups in total. The molecule has 38 heavy (non-hydrogen) atoms. The summed E-state index contributed by atoms with van der Waals surface area (Å²) in [5.74, 6) is -1.84. The van der Waals surface area contributed by atoms with Gasteiger partial charge in [0.05, 0.1) is 6.42 Å². The van der Waals surface area contributed by atoms with Crippen molar-refractivity contribution in [2.45, 2.75) is 181 Å². The molecule has 222 valence electrons. The van der Waals surface area contributed by atoms with Gasteiger partial charge < -0.3 is 9.47 Å². The molecule has 0 aromatic rings. The van der Waals surface area contributed by atoms with E-state index in [4.69, 9.17) is 14.9 Å². The van der Waals surface area contributed by atoms with Gasteiger partial charge in [-0.2, -0.15) is 0 Å². The fourth-order valence-electron chi connectivity index (χ4n) is 4.55. The lowest BCUT2D eigenvalue weighted by Gasteiger charge is -2.06. The minimum atomic E-state index is -0.663. The van der Waals surface area contributed by atoms with Gasteiger partial charge in [-0.3, -0.25) is 19.8 Å². The van der Waals surface area contributed by atoms with Gasteiger partial charge in [0.15, 0.2) is 5.90 Å². The zero-order chi connectivity index (χ0) is 28.1. The number of hydrogen-bond acceptors (Lipinski definition) is 6. The standard InChI is InChI=1S/C32H59NO5/c1-3-5-7-9-11-13-15-17-19-21-23-25-30(34)37-29(33)27-28-32(36)38-31(35)26-24-22-20-18-16-14-12-10-8-6-4-2/h33H,3-28H2,1-2H3. The third-order valence-electron chi connectivity index (χ3n) is 6.99. The van der Waals surface area contributed by atoms with E-state index in [0.717, 1.165) is 38.5 Å². The van der Waals surface area contributed by atoms with E-state index in [-0.39, 0.29) is 25.2 Å². The topological polar surface area (TPSA) is 93.5 Å². The molecule has 6 nitrogen and oxygen atoms in total. The largest absolute Gasteiger partial charge is 0.412 e. The van der Waals surface area contributed by atoms with Crippen LogP contribution in [-0.2, 0) is 23.9 Å². The molecule has 0 spiro atoms. The average Bonchev–Trinajstić information content (AvgIpc) is 2.89. The van der Waals surface area contributed by atoms with Crippen LogP contribution < -0.4 is 0 Å². The number of hydrogen-bond donors (Lipinski definition) is 1. The number of nitrogens with one attached hydrogen (secondary N) is 1. The van der Waals surface area contributed by atoms with Crippen LogP contribution in [0.4, 0.5) is 0 Å². The predicted octanol–water partition coefficient (Wildman–Crippen LogP) is 9.76. The van der Waals surface area contributed by atoms with E-state index in [0.29, 0.717) is 6.42 Å². The van der Waals surface area contributed by atoms with E-state index >= 15 is 0 Å². The molecule has 0 amide bonds. The van der Waals surface area contributed by atoms with Gasteiger partial charge in [0.1, 0.15) is 0 Å². The van der Waals surface area contributed by atoms with Crippen molar-refractivity contribution in [3.8, 4) is 0 Å². The summed E-state index contributed by atoms with van der Waals surface area (Å²) in [5.41, 5.74) is 0. The maximum absolute atomic E-state index is 11.9. The summed E-state index contributed by atoms with van der Waals surface area (Å²) in [6, 6.07) is 0. The molecule has 0 bridgehead atoms. The van der Waals surface area contributed by atoms with Crippen LogP contribution in [0.25, 0.3) is 0 Å². The maximum Gasteiger partial charge on any atom is 0.313 e. The molecule has 0 saturated heterocycles. The number of esters is 3. The molecule has 0 aliphatic carbocycles. The fraction of sp³-hybridized carbons (Fsp3) is 0.875. The van der Waals surface area contributed by atoms with Crippen LogP contribution in [0.15, 0.2) is 0 Å². The van der Waals surface area contributed by atoms with E-state index < -0.39 is 17.9 Å². The van der Waals surface area contributed by atoms with Gasteiger partial charge in [0.2, 0.25) is 0 Å². The van der Waals surface area contributed by atoms with Crippen molar-refractivity contribution in [1.82, 2.24) is 0 Å². The lowest BCUT2D eigenvalue weighted by atomic mass is 10.1. The second-order valence-electron chi connectivity index (χ2n) is 10.8. The molecular formula is C32H59NO5. The van der Waals surface area contributed by atoms with Gasteiger partial charge in [0.25, 0.3) is 0 Å². The minimum absolute atomic E-state index is 0.0332. The van der Waals surface area contributed by atoms with Gasteiger partial charge in [-0.05, 0) is 12.8 Å². The SMILES string of the molecule is CCCCCCCCCCCCCC(=O)OC(=N)CCC(=O)OC(=O)CCCCCCCCCCCCC. The number of unbranched alkanes of at least 4 members (excludes halogenated alkanes) is 20. The Labute approximate surface area is 233 Å². The van der Waals surface area contributed by atoms with Crippen molar-refractivity contribution in [1.29, 1.82) is 5.41 Å². The summed E-state index contributed by atoms with van der Waals surface area (Å²) in [5, 5.41) is 7.76. The maximum atomic E-state index is 11.9. The third kappa shape index (κ3) is 27.3. The zero-order valence-electron chi connectivity index (χ0n) is 24.9. The van der Waals surface area contributed by atoms with E-state index in [1.807, 2.05) is 0 Å². The first-order valence-corrected chi connectivity index (χ1v) is 16.0. The summed E-state index contributed by atoms with van der Waals surface area (Å²) < 4.78 is 9.82. The van der Waals surface area contributed by atoms with E-state index in [2.05, 4.69) is 13.8 Å². The monoisotopic (exact) mass is 537 g/mol. The number of rotatable bonds is 27. The zero-order valence-corrected chi connectivity index (χ0v) is 24.9. The van der Waals surface area contributed by atoms with Crippen LogP contribution in [0.3, 0.4) is 0 Å². The molecule has 0 aliphatic rings. The summed E-state index contributed by atoms with van der Waals surface area (Å²) >= 11 is 0. The molecule has 0 aromatic carbocycles. The molecule has 0 rings (SSSR count). The predicted molar refractivity (Wildman–Crippen MR) is 156 cm³/mol. The number of carbonyl (C=O) groups is 3. The Morgan fingerprint density at radius 2 is 0.684 bits per heavy atom. The minimum Gasteiger partial charge on any atom is -0.412 e. The van der Waals surface area contributed by atoms with Crippen LogP contribution in [0.1, 0.15) is 181 Å². The van der Waals surface area contributed by atoms with Crippen molar-refractivity contribution < 1.29 is 23.9 Å². The number of ether oxygens (including phenoxy) is 2. The van der Waals surface area contributed by atoms with E-state index in [1.54, 1.807) is 0 Å². The highest BCUT2D eigenvalue weighted by atomic mass is 16.6. The molecule has 0 fully saturated rings. The summed E-state index contributed by atoms with van der Waals surface area (Å²) in [7, 11) is 0. The summed E-state index contributed by atoms with van der Waals surface area (Å²) in [6.07, 6.45) is 26.9. The lowest BCUT2D eigenvalue weighted by molar-refractivity contribution is -0.159. The average molecular weight is 538 g/mol. The normalized spacial score (nSPS) is 10.9. The van der Waals surface area contributed by atoms with Gasteiger partial charge >= 0.3 is 17.9 Å². The smallest absolute Gasteiger partial charge is 0.313 e. The highest BCUT2D eigenvalue weighted by Crippen LogP contribution is 2.14. The number of carbonyl (C=O) groups excluding carboxylic acids is 3. The van der Waals surface area contributed by atoms with Crippen molar-refractivity contribution >= 4 is 23.8 Å². The lowest BCUT2D eigenvalue weighted by Crippen LogP contribution is -2.16. The molecule has 0 aliphatic heterocycles. The Morgan fingerprint density at radius 3 is 1.05 bits per heavy atom. The van der Waals surface area contributed by atoms with E-state index in [1.165, 1.54) is 103 Å². The quantitative estimate of drug-likeness (QED) is 0.0370. The highest BCUT2D eigenvalue weighted by Gasteiger charge is 2.13. The van der Waals surface area contributed by atoms with Crippen LogP contribution in [-0.4, -0.2) is 23.8 Å². The Bertz CT molecular complexity index is 553. The van der Waals surface area contributed by atoms with Crippen molar-refractivity contribution in [2.24, 2.45) is 0 Å². The second kappa shape index (κ2) is 28.3. The van der Waals surface area contributed by atoms with Crippen LogP contribution in [0.5, 0.6) is 0 Å². The summed E-state index contributed by atoms with van der Waals surface area (Å²) in [6.45, 7) is 4.47. The van der Waals surface area contributed by atoms with Crippen molar-refractivity contribution in [2.75, 3.05) is 0 Å². The first-order valence-electron chi connectivity index (χ1n) is 16.0. The Hall–Kier alpha value is -1.72. The van der Waals surface area contributed by atoms with Gasteiger partial charge in [0, 0.05) is 19.3 Å². The first kappa shape index (κ1) is 36.3. The molecule has 0 aromatic heterocycles. The van der Waals surface area contributed by atoms with Gasteiger partial charge in [-0.25, -0.2) is 0 Å². The fourth-order valence-corrected chi connectivity index (χ4v) is 4.55. The molecule has 0 saturated carbocycles. The molecule has 0 radical (unpaired) electrons. The molecular weight excluding hydrogens is 478 g/mol. The molecule has 0 atom stereocenters. The van der Waals surface area contributed by atoms with Gasteiger partial charge in [-0.15, -0.1) is 0 Å². The van der Waals surface area contributed by atoms with Crippen LogP contribution in [0.2, 0.25) is 0 Å². The molecule has 0 unspecified atom stereocenters. The van der Waals surface area contributed by atoms with Gasteiger partial charge in [-0.1, -0.05) is 142 Å². The second-order valence-corrected chi connectivity index (χ2v) is 10.8. The summed E-state index contributed by atoms with van der Waals surface area (Å²) in [4.78, 5) is 35.6. The first-order chi connectivity index (χ1) is 18.5. The third-order valence-corrected chi connectivity index (χ3v) is 6.99. The van der Waals surface area contributed by atoms with Crippen LogP contribution in [0, 0.1) is 5.41 Å². The van der Waals surface area contributed by atoms with Crippen LogP contribution >= 0.6 is 0 Å². The molecule has 0 heterocycles. The van der Waals surface area contributed by atoms with E-state index in [9.17, 15) is 14.4 Å². The molecule has 6 heteroatoms. The van der Waals surface area contributed by atoms with Crippen molar-refractivity contribution in [3.63, 3.8) is 0 Å². The van der Waals surface area contributed by atoms with Crippen molar-refractivity contribution in [3.05, 3.63) is 0 Å². The Balaban J connectivity index is 3.56. The Kier molecular flexibility index (Phi) is 27.0. The highest BCUT2D eigenvalue weighted by molar-refractivity contribution is 5.90. The Morgan fingerprint density at radius 1 is 0.395 bits per heavy atom.